The molecule has 0 unspecified atom stereocenters. The molecule has 1 aromatic carbocycles. The van der Waals surface area contributed by atoms with E-state index in [1.807, 2.05) is 13.0 Å². The van der Waals surface area contributed by atoms with Gasteiger partial charge in [0, 0.05) is 38.7 Å². The molecule has 1 heterocycles. The second-order valence-electron chi connectivity index (χ2n) is 5.83. The van der Waals surface area contributed by atoms with Gasteiger partial charge in [-0.1, -0.05) is 0 Å². The Morgan fingerprint density at radius 1 is 1.30 bits per heavy atom. The van der Waals surface area contributed by atoms with Crippen LogP contribution in [0.1, 0.15) is 15.9 Å². The number of amides is 2. The molecular formula is C17H24N2O4. The van der Waals surface area contributed by atoms with E-state index in [-0.39, 0.29) is 23.7 Å². The lowest BCUT2D eigenvalue weighted by Gasteiger charge is -2.18. The highest BCUT2D eigenvalue weighted by molar-refractivity contribution is 5.96. The number of ether oxygens (including phenoxy) is 2. The Kier molecular flexibility index (Phi) is 5.60. The van der Waals surface area contributed by atoms with Crippen LogP contribution in [0.25, 0.3) is 0 Å². The fourth-order valence-electron chi connectivity index (χ4n) is 3.08. The maximum Gasteiger partial charge on any atom is 0.254 e. The Hall–Kier alpha value is -2.08. The Morgan fingerprint density at radius 3 is 2.61 bits per heavy atom. The summed E-state index contributed by atoms with van der Waals surface area (Å²) >= 11 is 0. The number of nitrogens with one attached hydrogen (secondary N) is 1. The molecule has 0 saturated carbocycles. The topological polar surface area (TPSA) is 67.9 Å². The summed E-state index contributed by atoms with van der Waals surface area (Å²) < 4.78 is 10.4. The van der Waals surface area contributed by atoms with Gasteiger partial charge in [0.05, 0.1) is 19.6 Å². The normalized spacial score (nSPS) is 20.4. The lowest BCUT2D eigenvalue weighted by molar-refractivity contribution is -0.125. The first kappa shape index (κ1) is 17.3. The van der Waals surface area contributed by atoms with Gasteiger partial charge in [-0.05, 0) is 30.7 Å². The fraction of sp³-hybridized carbons (Fsp3) is 0.529. The van der Waals surface area contributed by atoms with Crippen molar-refractivity contribution in [1.82, 2.24) is 10.2 Å². The number of nitrogens with zero attached hydrogens (tertiary/aromatic N) is 1. The van der Waals surface area contributed by atoms with E-state index in [9.17, 15) is 9.59 Å². The molecule has 0 bridgehead atoms. The van der Waals surface area contributed by atoms with Gasteiger partial charge in [-0.3, -0.25) is 9.59 Å². The van der Waals surface area contributed by atoms with E-state index in [4.69, 9.17) is 9.47 Å². The number of carbonyl (C=O) groups excluding carboxylic acids is 2. The van der Waals surface area contributed by atoms with Crippen molar-refractivity contribution in [3.63, 3.8) is 0 Å². The Bertz CT molecular complexity index is 588. The van der Waals surface area contributed by atoms with Crippen molar-refractivity contribution >= 4 is 11.8 Å². The van der Waals surface area contributed by atoms with Gasteiger partial charge >= 0.3 is 0 Å². The Morgan fingerprint density at radius 2 is 2.04 bits per heavy atom. The molecule has 0 aromatic heterocycles. The average Bonchev–Trinajstić information content (AvgIpc) is 2.97. The van der Waals surface area contributed by atoms with Gasteiger partial charge in [0.15, 0.2) is 0 Å². The standard InChI is InChI=1S/C17H24N2O4/c1-11-7-13(23-4)5-6-14(11)17(21)19-8-12(10-22-3)15(9-19)16(20)18-2/h5-7,12,15H,8-10H2,1-4H3,(H,18,20)/t12-,15+/m0/s1. The predicted molar refractivity (Wildman–Crippen MR) is 86.6 cm³/mol. The van der Waals surface area contributed by atoms with Crippen molar-refractivity contribution in [1.29, 1.82) is 0 Å². The second kappa shape index (κ2) is 7.46. The number of hydrogen-bond acceptors (Lipinski definition) is 4. The van der Waals surface area contributed by atoms with Crippen molar-refractivity contribution in [2.45, 2.75) is 6.92 Å². The van der Waals surface area contributed by atoms with Crippen LogP contribution in [0.4, 0.5) is 0 Å². The van der Waals surface area contributed by atoms with Gasteiger partial charge in [-0.15, -0.1) is 0 Å². The molecular weight excluding hydrogens is 296 g/mol. The number of benzene rings is 1. The van der Waals surface area contributed by atoms with E-state index in [2.05, 4.69) is 5.32 Å². The largest absolute Gasteiger partial charge is 0.497 e. The minimum Gasteiger partial charge on any atom is -0.497 e. The summed E-state index contributed by atoms with van der Waals surface area (Å²) in [5, 5.41) is 2.67. The Labute approximate surface area is 136 Å². The van der Waals surface area contributed by atoms with Crippen LogP contribution in [-0.4, -0.2) is 57.7 Å². The van der Waals surface area contributed by atoms with E-state index < -0.39 is 0 Å². The number of hydrogen-bond donors (Lipinski definition) is 1. The maximum absolute atomic E-state index is 12.8. The summed E-state index contributed by atoms with van der Waals surface area (Å²) in [6.07, 6.45) is 0. The van der Waals surface area contributed by atoms with Crippen LogP contribution in [-0.2, 0) is 9.53 Å². The van der Waals surface area contributed by atoms with Crippen molar-refractivity contribution in [3.8, 4) is 5.75 Å². The number of carbonyl (C=O) groups is 2. The van der Waals surface area contributed by atoms with Crippen molar-refractivity contribution < 1.29 is 19.1 Å². The Balaban J connectivity index is 2.18. The number of rotatable bonds is 5. The summed E-state index contributed by atoms with van der Waals surface area (Å²) in [4.78, 5) is 26.6. The molecule has 1 saturated heterocycles. The van der Waals surface area contributed by atoms with Crippen LogP contribution in [0.5, 0.6) is 5.75 Å². The van der Waals surface area contributed by atoms with Gasteiger partial charge in [0.2, 0.25) is 5.91 Å². The first-order chi connectivity index (χ1) is 11.0. The van der Waals surface area contributed by atoms with Crippen LogP contribution < -0.4 is 10.1 Å². The highest BCUT2D eigenvalue weighted by Crippen LogP contribution is 2.27. The summed E-state index contributed by atoms with van der Waals surface area (Å²) in [5.74, 6) is 0.400. The first-order valence-corrected chi connectivity index (χ1v) is 7.66. The molecule has 2 atom stereocenters. The first-order valence-electron chi connectivity index (χ1n) is 7.66. The number of likely N-dealkylation sites (tertiary alicyclic amines) is 1. The van der Waals surface area contributed by atoms with Crippen molar-refractivity contribution in [2.75, 3.05) is 41.0 Å². The van der Waals surface area contributed by atoms with Gasteiger partial charge in [0.1, 0.15) is 5.75 Å². The predicted octanol–water partition coefficient (Wildman–Crippen LogP) is 1.08. The third kappa shape index (κ3) is 3.64. The highest BCUT2D eigenvalue weighted by Gasteiger charge is 2.39. The third-order valence-corrected chi connectivity index (χ3v) is 4.36. The number of methoxy groups -OCH3 is 2. The van der Waals surface area contributed by atoms with Gasteiger partial charge in [0.25, 0.3) is 5.91 Å². The van der Waals surface area contributed by atoms with Crippen molar-refractivity contribution in [3.05, 3.63) is 29.3 Å². The van der Waals surface area contributed by atoms with Gasteiger partial charge in [-0.2, -0.15) is 0 Å². The van der Waals surface area contributed by atoms with Gasteiger partial charge in [-0.25, -0.2) is 0 Å². The molecule has 0 radical (unpaired) electrons. The smallest absolute Gasteiger partial charge is 0.254 e. The van der Waals surface area contributed by atoms with E-state index in [1.54, 1.807) is 38.3 Å². The van der Waals surface area contributed by atoms with Crippen LogP contribution in [0.3, 0.4) is 0 Å². The van der Waals surface area contributed by atoms with Crippen LogP contribution in [0, 0.1) is 18.8 Å². The highest BCUT2D eigenvalue weighted by atomic mass is 16.5. The third-order valence-electron chi connectivity index (χ3n) is 4.36. The lowest BCUT2D eigenvalue weighted by atomic mass is 9.96. The molecule has 126 valence electrons. The zero-order valence-corrected chi connectivity index (χ0v) is 14.1. The molecule has 6 nitrogen and oxygen atoms in total. The molecule has 6 heteroatoms. The SMILES string of the molecule is CNC(=O)[C@@H]1CN(C(=O)c2ccc(OC)cc2C)C[C@H]1COC. The molecule has 23 heavy (non-hydrogen) atoms. The minimum absolute atomic E-state index is 0.0162. The minimum atomic E-state index is -0.234. The quantitative estimate of drug-likeness (QED) is 0.882. The molecule has 1 N–H and O–H groups in total. The molecule has 2 amide bonds. The fourth-order valence-corrected chi connectivity index (χ4v) is 3.08. The lowest BCUT2D eigenvalue weighted by Crippen LogP contribution is -2.34. The summed E-state index contributed by atoms with van der Waals surface area (Å²) in [6, 6.07) is 5.39. The maximum atomic E-state index is 12.8. The zero-order chi connectivity index (χ0) is 17.0. The average molecular weight is 320 g/mol. The zero-order valence-electron chi connectivity index (χ0n) is 14.1. The molecule has 2 rings (SSSR count). The van der Waals surface area contributed by atoms with E-state index in [1.165, 1.54) is 0 Å². The monoisotopic (exact) mass is 320 g/mol. The summed E-state index contributed by atoms with van der Waals surface area (Å²) in [7, 11) is 4.82. The summed E-state index contributed by atoms with van der Waals surface area (Å²) in [5.41, 5.74) is 1.50. The molecule has 0 spiro atoms. The molecule has 1 aliphatic rings. The molecule has 1 fully saturated rings. The second-order valence-corrected chi connectivity index (χ2v) is 5.83. The van der Waals surface area contributed by atoms with Crippen LogP contribution >= 0.6 is 0 Å². The van der Waals surface area contributed by atoms with E-state index in [0.717, 1.165) is 11.3 Å². The van der Waals surface area contributed by atoms with Crippen LogP contribution in [0.15, 0.2) is 18.2 Å². The van der Waals surface area contributed by atoms with Crippen LogP contribution in [0.2, 0.25) is 0 Å². The summed E-state index contributed by atoms with van der Waals surface area (Å²) in [6.45, 7) is 3.28. The molecule has 1 aliphatic heterocycles. The van der Waals surface area contributed by atoms with Crippen molar-refractivity contribution in [2.24, 2.45) is 11.8 Å². The van der Waals surface area contributed by atoms with E-state index in [0.29, 0.717) is 25.3 Å². The molecule has 0 aliphatic carbocycles. The van der Waals surface area contributed by atoms with E-state index >= 15 is 0 Å². The molecule has 1 aromatic rings. The number of aryl methyl sites for hydroxylation is 1. The van der Waals surface area contributed by atoms with Gasteiger partial charge < -0.3 is 19.7 Å².